The molecular weight excluding hydrogens is 502 g/mol. The van der Waals surface area contributed by atoms with Crippen molar-refractivity contribution in [3.05, 3.63) is 140 Å². The van der Waals surface area contributed by atoms with Gasteiger partial charge in [0.25, 0.3) is 0 Å². The first kappa shape index (κ1) is 22.1. The number of rotatable bonds is 2. The Balaban J connectivity index is 1.37. The van der Waals surface area contributed by atoms with Gasteiger partial charge >= 0.3 is 0 Å². The molecule has 0 atom stereocenters. The van der Waals surface area contributed by atoms with Crippen molar-refractivity contribution in [3.8, 4) is 27.9 Å². The third kappa shape index (κ3) is 3.05. The normalized spacial score (nSPS) is 12.4. The van der Waals surface area contributed by atoms with E-state index in [9.17, 15) is 0 Å². The van der Waals surface area contributed by atoms with Gasteiger partial charge in [0.15, 0.2) is 0 Å². The molecule has 0 radical (unpaired) electrons. The van der Waals surface area contributed by atoms with Gasteiger partial charge in [-0.2, -0.15) is 0 Å². The summed E-state index contributed by atoms with van der Waals surface area (Å²) in [4.78, 5) is 2.66. The number of fused-ring (bicyclic) bond motifs is 7. The summed E-state index contributed by atoms with van der Waals surface area (Å²) in [5.74, 6) is 0. The highest BCUT2D eigenvalue weighted by molar-refractivity contribution is 7.99. The van der Waals surface area contributed by atoms with Crippen molar-refractivity contribution in [3.63, 3.8) is 0 Å². The second-order valence-corrected chi connectivity index (χ2v) is 11.6. The van der Waals surface area contributed by atoms with Crippen molar-refractivity contribution in [1.29, 1.82) is 0 Å². The lowest BCUT2D eigenvalue weighted by atomic mass is 9.93. The minimum atomic E-state index is 1.18. The van der Waals surface area contributed by atoms with Crippen LogP contribution in [0.1, 0.15) is 0 Å². The third-order valence-corrected chi connectivity index (χ3v) is 9.49. The van der Waals surface area contributed by atoms with E-state index in [0.29, 0.717) is 0 Å². The van der Waals surface area contributed by atoms with Gasteiger partial charge < -0.3 is 4.57 Å². The molecule has 1 aliphatic heterocycles. The quantitative estimate of drug-likeness (QED) is 0.217. The molecule has 40 heavy (non-hydrogen) atoms. The summed E-state index contributed by atoms with van der Waals surface area (Å²) in [6, 6.07) is 51.2. The predicted octanol–water partition coefficient (Wildman–Crippen LogP) is 10.9. The monoisotopic (exact) mass is 525 g/mol. The van der Waals surface area contributed by atoms with Gasteiger partial charge in [0.05, 0.1) is 11.0 Å². The first-order chi connectivity index (χ1) is 19.8. The molecule has 0 spiro atoms. The fourth-order valence-electron chi connectivity index (χ4n) is 6.65. The Kier molecular flexibility index (Phi) is 4.61. The number of benzene rings is 7. The molecule has 0 aliphatic carbocycles. The summed E-state index contributed by atoms with van der Waals surface area (Å²) in [5, 5.41) is 7.79. The van der Waals surface area contributed by atoms with Crippen molar-refractivity contribution in [2.45, 2.75) is 9.79 Å². The second-order valence-electron chi connectivity index (χ2n) is 10.5. The van der Waals surface area contributed by atoms with Crippen LogP contribution in [-0.4, -0.2) is 4.57 Å². The lowest BCUT2D eigenvalue weighted by molar-refractivity contribution is 1.19. The van der Waals surface area contributed by atoms with E-state index in [1.807, 2.05) is 11.8 Å². The van der Waals surface area contributed by atoms with Gasteiger partial charge in [-0.05, 0) is 69.4 Å². The Labute approximate surface area is 236 Å². The topological polar surface area (TPSA) is 4.93 Å². The number of hydrogen-bond acceptors (Lipinski definition) is 1. The largest absolute Gasteiger partial charge is 0.309 e. The highest BCUT2D eigenvalue weighted by Gasteiger charge is 2.22. The molecule has 1 aliphatic rings. The average Bonchev–Trinajstić information content (AvgIpc) is 3.37. The molecule has 2 heterocycles. The molecule has 1 aromatic heterocycles. The molecule has 8 aromatic rings. The van der Waals surface area contributed by atoms with Gasteiger partial charge in [0.1, 0.15) is 0 Å². The molecule has 9 rings (SSSR count). The lowest BCUT2D eigenvalue weighted by Gasteiger charge is -2.21. The molecule has 7 aromatic carbocycles. The van der Waals surface area contributed by atoms with Crippen LogP contribution in [0.2, 0.25) is 0 Å². The van der Waals surface area contributed by atoms with Crippen LogP contribution in [-0.2, 0) is 0 Å². The van der Waals surface area contributed by atoms with E-state index in [1.165, 1.54) is 81.1 Å². The van der Waals surface area contributed by atoms with Gasteiger partial charge in [-0.25, -0.2) is 0 Å². The highest BCUT2D eigenvalue weighted by Crippen LogP contribution is 2.49. The number of hydrogen-bond donors (Lipinski definition) is 0. The van der Waals surface area contributed by atoms with Gasteiger partial charge in [-0.3, -0.25) is 0 Å². The van der Waals surface area contributed by atoms with Crippen LogP contribution in [0.15, 0.2) is 149 Å². The Morgan fingerprint density at radius 1 is 0.450 bits per heavy atom. The van der Waals surface area contributed by atoms with Gasteiger partial charge in [0.2, 0.25) is 0 Å². The molecular formula is C38H23NS. The summed E-state index contributed by atoms with van der Waals surface area (Å²) in [5.41, 5.74) is 8.84. The zero-order valence-corrected chi connectivity index (χ0v) is 22.5. The first-order valence-corrected chi connectivity index (χ1v) is 14.5. The van der Waals surface area contributed by atoms with E-state index in [1.54, 1.807) is 0 Å². The maximum Gasteiger partial charge on any atom is 0.0619 e. The van der Waals surface area contributed by atoms with E-state index in [0.717, 1.165) is 0 Å². The van der Waals surface area contributed by atoms with E-state index >= 15 is 0 Å². The van der Waals surface area contributed by atoms with Crippen LogP contribution in [0, 0.1) is 0 Å². The molecule has 0 saturated heterocycles. The van der Waals surface area contributed by atoms with Crippen molar-refractivity contribution in [1.82, 2.24) is 4.57 Å². The minimum absolute atomic E-state index is 1.18. The zero-order valence-electron chi connectivity index (χ0n) is 21.6. The first-order valence-electron chi connectivity index (χ1n) is 13.7. The van der Waals surface area contributed by atoms with Crippen LogP contribution in [0.3, 0.4) is 0 Å². The summed E-state index contributed by atoms with van der Waals surface area (Å²) in [7, 11) is 0. The third-order valence-electron chi connectivity index (χ3n) is 8.36. The van der Waals surface area contributed by atoms with E-state index in [2.05, 4.69) is 144 Å². The highest BCUT2D eigenvalue weighted by atomic mass is 32.2. The van der Waals surface area contributed by atoms with Crippen molar-refractivity contribution in [2.75, 3.05) is 0 Å². The molecule has 0 unspecified atom stereocenters. The standard InChI is InChI=1S/C38H23NS/c1-2-12-27(13-3-1)39-33-17-8-15-28(37(33)31-21-19-24-9-4-5-14-29(24)38(31)39)26-20-22-34-32(23-26)30-16-6-10-25-11-7-18-35(40-34)36(25)30/h1-23H. The van der Waals surface area contributed by atoms with E-state index < -0.39 is 0 Å². The minimum Gasteiger partial charge on any atom is -0.309 e. The number of para-hydroxylation sites is 1. The average molecular weight is 526 g/mol. The number of aromatic nitrogens is 1. The van der Waals surface area contributed by atoms with Gasteiger partial charge in [0, 0.05) is 37.0 Å². The van der Waals surface area contributed by atoms with Crippen LogP contribution in [0.4, 0.5) is 0 Å². The number of nitrogens with zero attached hydrogens (tertiary/aromatic N) is 1. The van der Waals surface area contributed by atoms with E-state index in [4.69, 9.17) is 0 Å². The lowest BCUT2D eigenvalue weighted by Crippen LogP contribution is -1.94. The van der Waals surface area contributed by atoms with Crippen LogP contribution in [0.5, 0.6) is 0 Å². The predicted molar refractivity (Wildman–Crippen MR) is 171 cm³/mol. The molecule has 0 amide bonds. The maximum atomic E-state index is 2.45. The molecule has 2 heteroatoms. The van der Waals surface area contributed by atoms with Gasteiger partial charge in [-0.1, -0.05) is 115 Å². The molecule has 0 N–H and O–H groups in total. The zero-order chi connectivity index (χ0) is 26.2. The van der Waals surface area contributed by atoms with Crippen LogP contribution in [0.25, 0.3) is 71.3 Å². The Hall–Kier alpha value is -4.79. The molecule has 0 fully saturated rings. The molecule has 1 nitrogen and oxygen atoms in total. The summed E-state index contributed by atoms with van der Waals surface area (Å²) in [6.07, 6.45) is 0. The Morgan fingerprint density at radius 3 is 2.15 bits per heavy atom. The van der Waals surface area contributed by atoms with Gasteiger partial charge in [-0.15, -0.1) is 0 Å². The molecule has 186 valence electrons. The molecule has 0 bridgehead atoms. The second kappa shape index (κ2) is 8.35. The van der Waals surface area contributed by atoms with E-state index in [-0.39, 0.29) is 0 Å². The summed E-state index contributed by atoms with van der Waals surface area (Å²) >= 11 is 1.88. The Bertz CT molecular complexity index is 2290. The van der Waals surface area contributed by atoms with Crippen LogP contribution < -0.4 is 0 Å². The van der Waals surface area contributed by atoms with Crippen molar-refractivity contribution in [2.24, 2.45) is 0 Å². The SMILES string of the molecule is c1ccc(-n2c3cccc(-c4ccc5c(c4)-c4cccc6cccc(c46)S5)c3c3ccc4ccccc4c32)cc1. The van der Waals surface area contributed by atoms with Crippen LogP contribution >= 0.6 is 11.8 Å². The van der Waals surface area contributed by atoms with Crippen molar-refractivity contribution < 1.29 is 0 Å². The van der Waals surface area contributed by atoms with Crippen molar-refractivity contribution >= 4 is 55.1 Å². The fraction of sp³-hybridized carbons (Fsp3) is 0. The molecule has 0 saturated carbocycles. The summed E-state index contributed by atoms with van der Waals surface area (Å²) < 4.78 is 2.45. The Morgan fingerprint density at radius 2 is 1.23 bits per heavy atom. The maximum absolute atomic E-state index is 2.45. The summed E-state index contributed by atoms with van der Waals surface area (Å²) in [6.45, 7) is 0. The smallest absolute Gasteiger partial charge is 0.0619 e. The fourth-order valence-corrected chi connectivity index (χ4v) is 7.77.